The van der Waals surface area contributed by atoms with Crippen molar-refractivity contribution in [2.75, 3.05) is 26.7 Å². The lowest BCUT2D eigenvalue weighted by atomic mass is 9.92. The van der Waals surface area contributed by atoms with Gasteiger partial charge in [0.1, 0.15) is 5.60 Å². The number of ether oxygens (including phenoxy) is 1. The van der Waals surface area contributed by atoms with Gasteiger partial charge in [0.25, 0.3) is 0 Å². The van der Waals surface area contributed by atoms with E-state index in [1.165, 1.54) is 0 Å². The standard InChI is InChI=1S/C17H24N4O4/c1-11-13(12(2)19-15(23)18-11)5-6-14(22)21-8-4-7-17(10-21)9-20(3)16(24)25-17/h4-10H2,1-3H3,(H,18,19,23)/t17-/m0/s1. The van der Waals surface area contributed by atoms with E-state index in [1.54, 1.807) is 23.8 Å². The van der Waals surface area contributed by atoms with Gasteiger partial charge in [0, 0.05) is 31.4 Å². The van der Waals surface area contributed by atoms with Crippen molar-refractivity contribution in [2.45, 2.75) is 45.1 Å². The summed E-state index contributed by atoms with van der Waals surface area (Å²) in [5.41, 5.74) is 1.40. The van der Waals surface area contributed by atoms with E-state index in [0.29, 0.717) is 38.2 Å². The Bertz CT molecular complexity index is 733. The molecule has 2 fully saturated rings. The van der Waals surface area contributed by atoms with Crippen LogP contribution in [0.15, 0.2) is 4.79 Å². The Morgan fingerprint density at radius 3 is 2.72 bits per heavy atom. The van der Waals surface area contributed by atoms with Gasteiger partial charge in [-0.15, -0.1) is 0 Å². The highest BCUT2D eigenvalue weighted by Gasteiger charge is 2.47. The first-order valence-electron chi connectivity index (χ1n) is 8.58. The maximum Gasteiger partial charge on any atom is 0.410 e. The molecule has 2 saturated heterocycles. The molecule has 0 aromatic carbocycles. The summed E-state index contributed by atoms with van der Waals surface area (Å²) < 4.78 is 5.54. The number of likely N-dealkylation sites (N-methyl/N-ethyl adjacent to an activating group) is 1. The van der Waals surface area contributed by atoms with Crippen LogP contribution in [0.2, 0.25) is 0 Å². The highest BCUT2D eigenvalue weighted by atomic mass is 16.6. The second-order valence-electron chi connectivity index (χ2n) is 7.06. The fourth-order valence-corrected chi connectivity index (χ4v) is 3.83. The second kappa shape index (κ2) is 6.50. The molecule has 8 nitrogen and oxygen atoms in total. The number of aryl methyl sites for hydroxylation is 2. The minimum absolute atomic E-state index is 0.0367. The number of carbonyl (C=O) groups is 2. The molecule has 1 atom stereocenters. The van der Waals surface area contributed by atoms with Gasteiger partial charge in [-0.3, -0.25) is 4.79 Å². The van der Waals surface area contributed by atoms with Crippen molar-refractivity contribution >= 4 is 12.0 Å². The van der Waals surface area contributed by atoms with Crippen LogP contribution in [0.25, 0.3) is 0 Å². The lowest BCUT2D eigenvalue weighted by molar-refractivity contribution is -0.136. The highest BCUT2D eigenvalue weighted by molar-refractivity contribution is 5.77. The fourth-order valence-electron chi connectivity index (χ4n) is 3.83. The van der Waals surface area contributed by atoms with E-state index >= 15 is 0 Å². The molecule has 1 aromatic rings. The number of rotatable bonds is 3. The van der Waals surface area contributed by atoms with Gasteiger partial charge in [0.2, 0.25) is 5.91 Å². The van der Waals surface area contributed by atoms with Crippen molar-refractivity contribution in [1.29, 1.82) is 0 Å². The molecule has 0 saturated carbocycles. The van der Waals surface area contributed by atoms with Crippen LogP contribution >= 0.6 is 0 Å². The van der Waals surface area contributed by atoms with Crippen LogP contribution in [-0.2, 0) is 16.0 Å². The first-order chi connectivity index (χ1) is 11.8. The second-order valence-corrected chi connectivity index (χ2v) is 7.06. The first-order valence-corrected chi connectivity index (χ1v) is 8.58. The molecule has 3 rings (SSSR count). The highest BCUT2D eigenvalue weighted by Crippen LogP contribution is 2.31. The third-order valence-corrected chi connectivity index (χ3v) is 5.07. The number of hydrogen-bond donors (Lipinski definition) is 1. The summed E-state index contributed by atoms with van der Waals surface area (Å²) in [7, 11) is 1.71. The van der Waals surface area contributed by atoms with Crippen molar-refractivity contribution in [3.8, 4) is 0 Å². The molecular weight excluding hydrogens is 324 g/mol. The number of nitrogens with zero attached hydrogens (tertiary/aromatic N) is 3. The molecule has 0 aliphatic carbocycles. The molecule has 0 unspecified atom stereocenters. The van der Waals surface area contributed by atoms with E-state index in [2.05, 4.69) is 9.97 Å². The van der Waals surface area contributed by atoms with Gasteiger partial charge in [0.05, 0.1) is 13.1 Å². The number of nitrogens with one attached hydrogen (secondary N) is 1. The number of aromatic amines is 1. The lowest BCUT2D eigenvalue weighted by Crippen LogP contribution is -2.52. The monoisotopic (exact) mass is 348 g/mol. The van der Waals surface area contributed by atoms with Crippen molar-refractivity contribution in [3.05, 3.63) is 27.4 Å². The third-order valence-electron chi connectivity index (χ3n) is 5.07. The Kier molecular flexibility index (Phi) is 4.53. The van der Waals surface area contributed by atoms with Crippen LogP contribution in [0.4, 0.5) is 4.79 Å². The molecule has 1 N–H and O–H groups in total. The molecule has 2 aliphatic rings. The molecule has 2 aliphatic heterocycles. The number of carbonyl (C=O) groups excluding carboxylic acids is 2. The summed E-state index contributed by atoms with van der Waals surface area (Å²) in [6, 6.07) is 0. The molecule has 25 heavy (non-hydrogen) atoms. The third kappa shape index (κ3) is 3.52. The Balaban J connectivity index is 1.64. The Morgan fingerprint density at radius 1 is 1.32 bits per heavy atom. The number of likely N-dealkylation sites (tertiary alicyclic amines) is 1. The summed E-state index contributed by atoms with van der Waals surface area (Å²) in [6.45, 7) is 5.26. The number of amides is 2. The molecule has 1 spiro atoms. The van der Waals surface area contributed by atoms with Gasteiger partial charge >= 0.3 is 11.8 Å². The Morgan fingerprint density at radius 2 is 2.08 bits per heavy atom. The molecular formula is C17H24N4O4. The van der Waals surface area contributed by atoms with Gasteiger partial charge < -0.3 is 19.5 Å². The maximum atomic E-state index is 12.6. The molecule has 0 bridgehead atoms. The van der Waals surface area contributed by atoms with Gasteiger partial charge in [-0.05, 0) is 38.7 Å². The molecule has 1 aromatic heterocycles. The largest absolute Gasteiger partial charge is 0.439 e. The quantitative estimate of drug-likeness (QED) is 0.870. The molecule has 3 heterocycles. The molecule has 2 amide bonds. The van der Waals surface area contributed by atoms with Gasteiger partial charge in [-0.25, -0.2) is 9.59 Å². The normalized spacial score (nSPS) is 23.2. The molecule has 0 radical (unpaired) electrons. The average molecular weight is 348 g/mol. The number of aromatic nitrogens is 2. The smallest absolute Gasteiger partial charge is 0.410 e. The van der Waals surface area contributed by atoms with Crippen LogP contribution in [-0.4, -0.2) is 64.1 Å². The zero-order valence-corrected chi connectivity index (χ0v) is 14.9. The average Bonchev–Trinajstić information content (AvgIpc) is 2.79. The number of H-pyrrole nitrogens is 1. The topological polar surface area (TPSA) is 95.6 Å². The predicted octanol–water partition coefficient (Wildman–Crippen LogP) is 0.763. The van der Waals surface area contributed by atoms with Crippen LogP contribution in [0.1, 0.15) is 36.2 Å². The van der Waals surface area contributed by atoms with Crippen LogP contribution in [0.3, 0.4) is 0 Å². The predicted molar refractivity (Wildman–Crippen MR) is 90.3 cm³/mol. The zero-order chi connectivity index (χ0) is 18.2. The molecule has 136 valence electrons. The lowest BCUT2D eigenvalue weighted by Gasteiger charge is -2.38. The number of piperidine rings is 1. The first kappa shape index (κ1) is 17.4. The SMILES string of the molecule is Cc1nc(=O)[nH]c(C)c1CCC(=O)N1CCC[C@]2(CN(C)C(=O)O2)C1. The van der Waals surface area contributed by atoms with E-state index < -0.39 is 5.60 Å². The van der Waals surface area contributed by atoms with E-state index in [9.17, 15) is 14.4 Å². The Hall–Kier alpha value is -2.38. The van der Waals surface area contributed by atoms with Gasteiger partial charge in [-0.2, -0.15) is 4.98 Å². The van der Waals surface area contributed by atoms with E-state index in [0.717, 1.165) is 24.1 Å². The van der Waals surface area contributed by atoms with Crippen LogP contribution in [0, 0.1) is 13.8 Å². The summed E-state index contributed by atoms with van der Waals surface area (Å²) in [5.74, 6) is 0.0367. The maximum absolute atomic E-state index is 12.6. The zero-order valence-electron chi connectivity index (χ0n) is 14.9. The minimum atomic E-state index is -0.564. The van der Waals surface area contributed by atoms with Gasteiger partial charge in [-0.1, -0.05) is 0 Å². The summed E-state index contributed by atoms with van der Waals surface area (Å²) in [6.07, 6.45) is 2.17. The van der Waals surface area contributed by atoms with Crippen molar-refractivity contribution in [3.63, 3.8) is 0 Å². The van der Waals surface area contributed by atoms with Crippen molar-refractivity contribution in [2.24, 2.45) is 0 Å². The van der Waals surface area contributed by atoms with E-state index in [1.807, 2.05) is 6.92 Å². The van der Waals surface area contributed by atoms with E-state index in [-0.39, 0.29) is 17.7 Å². The summed E-state index contributed by atoms with van der Waals surface area (Å²) in [5, 5.41) is 0. The minimum Gasteiger partial charge on any atom is -0.439 e. The number of hydrogen-bond acceptors (Lipinski definition) is 5. The van der Waals surface area contributed by atoms with Crippen molar-refractivity contribution in [1.82, 2.24) is 19.8 Å². The van der Waals surface area contributed by atoms with Crippen LogP contribution < -0.4 is 5.69 Å². The van der Waals surface area contributed by atoms with E-state index in [4.69, 9.17) is 4.74 Å². The Labute approximate surface area is 146 Å². The summed E-state index contributed by atoms with van der Waals surface area (Å²) >= 11 is 0. The van der Waals surface area contributed by atoms with Crippen molar-refractivity contribution < 1.29 is 14.3 Å². The fraction of sp³-hybridized carbons (Fsp3) is 0.647. The van der Waals surface area contributed by atoms with Crippen LogP contribution in [0.5, 0.6) is 0 Å². The van der Waals surface area contributed by atoms with Gasteiger partial charge in [0.15, 0.2) is 0 Å². The summed E-state index contributed by atoms with van der Waals surface area (Å²) in [4.78, 5) is 45.6. The molecule has 8 heteroatoms.